The first-order valence-electron chi connectivity index (χ1n) is 8.76. The topological polar surface area (TPSA) is 59.7 Å². The van der Waals surface area contributed by atoms with Crippen LogP contribution in [0.15, 0.2) is 0 Å². The van der Waals surface area contributed by atoms with Gasteiger partial charge in [-0.05, 0) is 12.3 Å². The van der Waals surface area contributed by atoms with E-state index < -0.39 is 42.8 Å². The van der Waals surface area contributed by atoms with Gasteiger partial charge in [0.15, 0.2) is 5.69 Å². The van der Waals surface area contributed by atoms with Gasteiger partial charge in [0.25, 0.3) is 0 Å². The van der Waals surface area contributed by atoms with Crippen LogP contribution in [0.2, 0.25) is 0 Å². The third kappa shape index (κ3) is 5.18. The second-order valence-electron chi connectivity index (χ2n) is 6.84. The van der Waals surface area contributed by atoms with Gasteiger partial charge in [-0.1, -0.05) is 11.3 Å². The van der Waals surface area contributed by atoms with Crippen LogP contribution >= 0.6 is 11.3 Å². The van der Waals surface area contributed by atoms with E-state index in [4.69, 9.17) is 4.74 Å². The highest BCUT2D eigenvalue weighted by Gasteiger charge is 2.41. The van der Waals surface area contributed by atoms with Crippen LogP contribution in [0.3, 0.4) is 0 Å². The van der Waals surface area contributed by atoms with E-state index in [2.05, 4.69) is 10.1 Å². The first-order chi connectivity index (χ1) is 13.5. The predicted octanol–water partition coefficient (Wildman–Crippen LogP) is 3.69. The Morgan fingerprint density at radius 1 is 1.24 bits per heavy atom. The maximum absolute atomic E-state index is 13.4. The van der Waals surface area contributed by atoms with Crippen molar-refractivity contribution in [3.8, 4) is 0 Å². The van der Waals surface area contributed by atoms with Crippen LogP contribution in [0.5, 0.6) is 0 Å². The van der Waals surface area contributed by atoms with Crippen molar-refractivity contribution >= 4 is 22.2 Å². The molecule has 1 amide bonds. The molecule has 1 aliphatic rings. The molecule has 1 saturated heterocycles. The van der Waals surface area contributed by atoms with Gasteiger partial charge >= 0.3 is 12.4 Å². The Hall–Kier alpha value is -1.89. The van der Waals surface area contributed by atoms with E-state index in [0.29, 0.717) is 18.0 Å². The van der Waals surface area contributed by atoms with Crippen LogP contribution in [-0.4, -0.2) is 51.8 Å². The van der Waals surface area contributed by atoms with E-state index >= 15 is 0 Å². The lowest BCUT2D eigenvalue weighted by atomic mass is 10.0. The number of carbonyl (C=O) groups is 1. The first kappa shape index (κ1) is 21.8. The summed E-state index contributed by atoms with van der Waals surface area (Å²) in [5.74, 6) is -1.02. The molecule has 2 aromatic rings. The SMILES string of the molecule is COCCc1nn2c(CN3CC(CCC(F)(F)F)CC3=O)c(C(F)(F)F)nc2s1. The van der Waals surface area contributed by atoms with Gasteiger partial charge in [0, 0.05) is 32.9 Å². The Balaban J connectivity index is 1.82. The molecule has 6 nitrogen and oxygen atoms in total. The summed E-state index contributed by atoms with van der Waals surface area (Å²) < 4.78 is 83.5. The minimum absolute atomic E-state index is 0.0277. The number of ether oxygens (including phenoxy) is 1. The lowest BCUT2D eigenvalue weighted by Gasteiger charge is -2.17. The molecule has 1 fully saturated rings. The molecular formula is C16H18F6N4O2S. The molecule has 0 aromatic carbocycles. The molecule has 0 saturated carbocycles. The minimum atomic E-state index is -4.74. The van der Waals surface area contributed by atoms with Gasteiger partial charge in [0.1, 0.15) is 5.01 Å². The molecule has 0 bridgehead atoms. The molecule has 3 rings (SSSR count). The second-order valence-corrected chi connectivity index (χ2v) is 7.88. The summed E-state index contributed by atoms with van der Waals surface area (Å²) >= 11 is 0.991. The number of carbonyl (C=O) groups excluding carboxylic acids is 1. The Labute approximate surface area is 165 Å². The number of likely N-dealkylation sites (tertiary alicyclic amines) is 1. The zero-order valence-corrected chi connectivity index (χ0v) is 16.1. The average Bonchev–Trinajstić information content (AvgIpc) is 3.24. The fourth-order valence-electron chi connectivity index (χ4n) is 3.24. The Bertz CT molecular complexity index is 875. The number of methoxy groups -OCH3 is 1. The van der Waals surface area contributed by atoms with Gasteiger partial charge in [-0.15, -0.1) is 0 Å². The standard InChI is InChI=1S/C16H18F6N4O2S/c1-28-5-3-11-24-26-10(13(16(20,21)22)23-14(26)29-11)8-25-7-9(6-12(25)27)2-4-15(17,18)19/h9H,2-8H2,1H3. The number of hydrogen-bond acceptors (Lipinski definition) is 5. The third-order valence-electron chi connectivity index (χ3n) is 4.60. The number of fused-ring (bicyclic) bond motifs is 1. The molecule has 1 atom stereocenters. The van der Waals surface area contributed by atoms with Gasteiger partial charge in [-0.3, -0.25) is 4.79 Å². The van der Waals surface area contributed by atoms with Crippen molar-refractivity contribution in [2.75, 3.05) is 20.3 Å². The predicted molar refractivity (Wildman–Crippen MR) is 90.3 cm³/mol. The van der Waals surface area contributed by atoms with Crippen molar-refractivity contribution in [3.63, 3.8) is 0 Å². The second kappa shape index (κ2) is 8.09. The smallest absolute Gasteiger partial charge is 0.384 e. The number of aromatic nitrogens is 3. The van der Waals surface area contributed by atoms with Crippen molar-refractivity contribution in [2.45, 2.75) is 44.6 Å². The van der Waals surface area contributed by atoms with Crippen molar-refractivity contribution < 1.29 is 35.9 Å². The molecular weight excluding hydrogens is 426 g/mol. The van der Waals surface area contributed by atoms with Crippen LogP contribution in [0.25, 0.3) is 4.96 Å². The number of imidazole rings is 1. The summed E-state index contributed by atoms with van der Waals surface area (Å²) in [7, 11) is 1.49. The third-order valence-corrected chi connectivity index (χ3v) is 5.57. The summed E-state index contributed by atoms with van der Waals surface area (Å²) in [5, 5.41) is 4.67. The molecule has 0 N–H and O–H groups in total. The molecule has 2 aromatic heterocycles. The maximum atomic E-state index is 13.4. The lowest BCUT2D eigenvalue weighted by molar-refractivity contribution is -0.142. The highest BCUT2D eigenvalue weighted by Crippen LogP contribution is 2.35. The fourth-order valence-corrected chi connectivity index (χ4v) is 4.13. The van der Waals surface area contributed by atoms with Crippen LogP contribution in [-0.2, 0) is 28.7 Å². The van der Waals surface area contributed by atoms with Crippen LogP contribution in [0.1, 0.15) is 35.7 Å². The summed E-state index contributed by atoms with van der Waals surface area (Å²) in [4.78, 5) is 17.0. The highest BCUT2D eigenvalue weighted by molar-refractivity contribution is 7.16. The van der Waals surface area contributed by atoms with Gasteiger partial charge in [-0.25, -0.2) is 9.50 Å². The zero-order valence-electron chi connectivity index (χ0n) is 15.3. The molecule has 1 unspecified atom stereocenters. The highest BCUT2D eigenvalue weighted by atomic mass is 32.1. The normalized spacial score (nSPS) is 18.4. The Morgan fingerprint density at radius 2 is 1.97 bits per heavy atom. The number of amides is 1. The molecule has 0 spiro atoms. The van der Waals surface area contributed by atoms with E-state index in [1.54, 1.807) is 0 Å². The van der Waals surface area contributed by atoms with Gasteiger partial charge in [0.2, 0.25) is 10.9 Å². The summed E-state index contributed by atoms with van der Waals surface area (Å²) in [6.45, 7) is -0.103. The van der Waals surface area contributed by atoms with E-state index in [9.17, 15) is 31.1 Å². The zero-order chi connectivity index (χ0) is 21.4. The van der Waals surface area contributed by atoms with E-state index in [0.717, 1.165) is 20.8 Å². The summed E-state index contributed by atoms with van der Waals surface area (Å²) in [6, 6.07) is 0. The van der Waals surface area contributed by atoms with Crippen molar-refractivity contribution in [1.29, 1.82) is 0 Å². The lowest BCUT2D eigenvalue weighted by Crippen LogP contribution is -2.27. The average molecular weight is 444 g/mol. The molecule has 0 aliphatic carbocycles. The fraction of sp³-hybridized carbons (Fsp3) is 0.688. The molecule has 3 heterocycles. The monoisotopic (exact) mass is 444 g/mol. The van der Waals surface area contributed by atoms with Crippen LogP contribution in [0, 0.1) is 5.92 Å². The number of halogens is 6. The summed E-state index contributed by atoms with van der Waals surface area (Å²) in [5.41, 5.74) is -1.43. The van der Waals surface area contributed by atoms with Gasteiger partial charge < -0.3 is 9.64 Å². The van der Waals surface area contributed by atoms with Crippen LogP contribution < -0.4 is 0 Å². The van der Waals surface area contributed by atoms with Crippen molar-refractivity contribution in [3.05, 3.63) is 16.4 Å². The molecule has 29 heavy (non-hydrogen) atoms. The number of hydrogen-bond donors (Lipinski definition) is 0. The number of alkyl halides is 6. The van der Waals surface area contributed by atoms with E-state index in [1.165, 1.54) is 7.11 Å². The molecule has 0 radical (unpaired) electrons. The minimum Gasteiger partial charge on any atom is -0.384 e. The van der Waals surface area contributed by atoms with E-state index in [1.807, 2.05) is 0 Å². The van der Waals surface area contributed by atoms with Gasteiger partial charge in [0.05, 0.1) is 18.8 Å². The molecule has 13 heteroatoms. The quantitative estimate of drug-likeness (QED) is 0.612. The Kier molecular flexibility index (Phi) is 6.08. The van der Waals surface area contributed by atoms with Crippen molar-refractivity contribution in [2.24, 2.45) is 5.92 Å². The van der Waals surface area contributed by atoms with E-state index in [-0.39, 0.29) is 30.0 Å². The Morgan fingerprint density at radius 3 is 2.59 bits per heavy atom. The molecule has 162 valence electrons. The first-order valence-corrected chi connectivity index (χ1v) is 9.57. The van der Waals surface area contributed by atoms with Gasteiger partial charge in [-0.2, -0.15) is 31.4 Å². The molecule has 1 aliphatic heterocycles. The van der Waals surface area contributed by atoms with Crippen LogP contribution in [0.4, 0.5) is 26.3 Å². The largest absolute Gasteiger partial charge is 0.435 e. The number of rotatable bonds is 7. The number of nitrogens with zero attached hydrogens (tertiary/aromatic N) is 4. The summed E-state index contributed by atoms with van der Waals surface area (Å²) in [6.07, 6.45) is -10.1. The maximum Gasteiger partial charge on any atom is 0.435 e. The van der Waals surface area contributed by atoms with Crippen molar-refractivity contribution in [1.82, 2.24) is 19.5 Å².